The Morgan fingerprint density at radius 2 is 1.94 bits per heavy atom. The van der Waals surface area contributed by atoms with E-state index in [1.165, 1.54) is 32.1 Å². The summed E-state index contributed by atoms with van der Waals surface area (Å²) in [4.78, 5) is 24.2. The number of carbonyl (C=O) groups is 2. The van der Waals surface area contributed by atoms with Crippen molar-refractivity contribution in [2.24, 2.45) is 11.7 Å². The average molecular weight is 255 g/mol. The maximum atomic E-state index is 11.6. The molecule has 0 aliphatic heterocycles. The van der Waals surface area contributed by atoms with Gasteiger partial charge in [-0.05, 0) is 32.9 Å². The summed E-state index contributed by atoms with van der Waals surface area (Å²) in [6.45, 7) is 2.68. The quantitative estimate of drug-likeness (QED) is 0.781. The zero-order chi connectivity index (χ0) is 13.5. The summed E-state index contributed by atoms with van der Waals surface area (Å²) in [6, 6.07) is -1.10. The topological polar surface area (TPSA) is 75.4 Å². The van der Waals surface area contributed by atoms with Crippen LogP contribution in [-0.4, -0.2) is 36.5 Å². The minimum Gasteiger partial charge on any atom is -0.351 e. The van der Waals surface area contributed by atoms with Gasteiger partial charge < -0.3 is 5.73 Å². The van der Waals surface area contributed by atoms with Crippen LogP contribution in [0.5, 0.6) is 0 Å². The number of likely N-dealkylation sites (N-methyl/N-ethyl adjacent to an activating group) is 1. The molecule has 1 saturated carbocycles. The van der Waals surface area contributed by atoms with E-state index in [2.05, 4.69) is 5.32 Å². The molecular weight excluding hydrogens is 230 g/mol. The zero-order valence-electron chi connectivity index (χ0n) is 11.4. The molecule has 5 nitrogen and oxygen atoms in total. The van der Waals surface area contributed by atoms with E-state index in [0.717, 1.165) is 18.9 Å². The summed E-state index contributed by atoms with van der Waals surface area (Å²) in [5.41, 5.74) is 4.93. The van der Waals surface area contributed by atoms with Crippen molar-refractivity contribution in [1.29, 1.82) is 0 Å². The van der Waals surface area contributed by atoms with Crippen LogP contribution >= 0.6 is 0 Å². The molecule has 1 atom stereocenters. The van der Waals surface area contributed by atoms with Crippen LogP contribution in [-0.2, 0) is 4.79 Å². The lowest BCUT2D eigenvalue weighted by Gasteiger charge is -2.27. The van der Waals surface area contributed by atoms with Crippen molar-refractivity contribution < 1.29 is 9.59 Å². The van der Waals surface area contributed by atoms with Crippen molar-refractivity contribution in [1.82, 2.24) is 10.2 Å². The average Bonchev–Trinajstić information content (AvgIpc) is 2.35. The zero-order valence-corrected chi connectivity index (χ0v) is 11.4. The van der Waals surface area contributed by atoms with E-state index < -0.39 is 6.03 Å². The van der Waals surface area contributed by atoms with Gasteiger partial charge in [-0.3, -0.25) is 15.0 Å². The summed E-state index contributed by atoms with van der Waals surface area (Å²) in [6.07, 6.45) is 7.80. The maximum Gasteiger partial charge on any atom is 0.318 e. The smallest absolute Gasteiger partial charge is 0.318 e. The van der Waals surface area contributed by atoms with Crippen molar-refractivity contribution in [2.45, 2.75) is 51.5 Å². The molecule has 0 heterocycles. The van der Waals surface area contributed by atoms with Crippen molar-refractivity contribution in [3.8, 4) is 0 Å². The van der Waals surface area contributed by atoms with Gasteiger partial charge in [0.15, 0.2) is 0 Å². The van der Waals surface area contributed by atoms with Gasteiger partial charge >= 0.3 is 6.03 Å². The predicted octanol–water partition coefficient (Wildman–Crippen LogP) is 1.47. The van der Waals surface area contributed by atoms with Gasteiger partial charge in [-0.2, -0.15) is 0 Å². The Balaban J connectivity index is 2.27. The molecule has 0 radical (unpaired) electrons. The first-order valence-corrected chi connectivity index (χ1v) is 6.81. The highest BCUT2D eigenvalue weighted by Crippen LogP contribution is 2.26. The Morgan fingerprint density at radius 1 is 1.33 bits per heavy atom. The van der Waals surface area contributed by atoms with Crippen LogP contribution in [0.3, 0.4) is 0 Å². The lowest BCUT2D eigenvalue weighted by atomic mass is 9.87. The van der Waals surface area contributed by atoms with E-state index in [-0.39, 0.29) is 11.9 Å². The van der Waals surface area contributed by atoms with E-state index in [1.54, 1.807) is 6.92 Å². The highest BCUT2D eigenvalue weighted by molar-refractivity contribution is 5.96. The van der Waals surface area contributed by atoms with E-state index in [9.17, 15) is 9.59 Å². The third-order valence-electron chi connectivity index (χ3n) is 3.90. The second-order valence-electron chi connectivity index (χ2n) is 5.30. The van der Waals surface area contributed by atoms with Gasteiger partial charge in [0, 0.05) is 0 Å². The van der Waals surface area contributed by atoms with E-state index >= 15 is 0 Å². The first kappa shape index (κ1) is 15.0. The third kappa shape index (κ3) is 5.04. The summed E-state index contributed by atoms with van der Waals surface area (Å²) >= 11 is 0. The van der Waals surface area contributed by atoms with Gasteiger partial charge in [-0.15, -0.1) is 0 Å². The van der Waals surface area contributed by atoms with Gasteiger partial charge in [-0.25, -0.2) is 4.79 Å². The van der Waals surface area contributed by atoms with Crippen molar-refractivity contribution in [3.05, 3.63) is 0 Å². The second-order valence-corrected chi connectivity index (χ2v) is 5.30. The monoisotopic (exact) mass is 255 g/mol. The molecule has 0 aromatic rings. The first-order valence-electron chi connectivity index (χ1n) is 6.81. The number of nitrogens with two attached hydrogens (primary N) is 1. The molecule has 0 saturated heterocycles. The summed E-state index contributed by atoms with van der Waals surface area (Å²) in [5, 5.41) is 2.12. The molecule has 3 amide bonds. The lowest BCUT2D eigenvalue weighted by Crippen LogP contribution is -2.47. The fourth-order valence-corrected chi connectivity index (χ4v) is 2.48. The molecule has 1 fully saturated rings. The number of rotatable bonds is 5. The molecule has 5 heteroatoms. The van der Waals surface area contributed by atoms with Crippen LogP contribution in [0.2, 0.25) is 0 Å². The normalized spacial score (nSPS) is 18.6. The van der Waals surface area contributed by atoms with Gasteiger partial charge in [0.05, 0.1) is 6.04 Å². The Bertz CT molecular complexity index is 288. The van der Waals surface area contributed by atoms with Crippen LogP contribution in [0.15, 0.2) is 0 Å². The molecule has 0 aromatic carbocycles. The third-order valence-corrected chi connectivity index (χ3v) is 3.90. The summed E-state index contributed by atoms with van der Waals surface area (Å²) in [5.74, 6) is 0.473. The fourth-order valence-electron chi connectivity index (χ4n) is 2.48. The van der Waals surface area contributed by atoms with Crippen LogP contribution in [0.1, 0.15) is 45.4 Å². The summed E-state index contributed by atoms with van der Waals surface area (Å²) in [7, 11) is 1.91. The number of urea groups is 1. The predicted molar refractivity (Wildman–Crippen MR) is 71.0 cm³/mol. The van der Waals surface area contributed by atoms with Crippen LogP contribution < -0.4 is 11.1 Å². The molecule has 18 heavy (non-hydrogen) atoms. The van der Waals surface area contributed by atoms with Crippen LogP contribution in [0.25, 0.3) is 0 Å². The number of hydrogen-bond donors (Lipinski definition) is 2. The number of primary amides is 1. The van der Waals surface area contributed by atoms with Gasteiger partial charge in [-0.1, -0.05) is 32.1 Å². The minimum atomic E-state index is -0.785. The van der Waals surface area contributed by atoms with Crippen molar-refractivity contribution in [2.75, 3.05) is 13.6 Å². The molecule has 1 aliphatic rings. The SMILES string of the molecule is C[C@@H](C(=O)NC(N)=O)N(C)CCC1CCCCC1. The van der Waals surface area contributed by atoms with Gasteiger partial charge in [0.25, 0.3) is 0 Å². The minimum absolute atomic E-state index is 0.318. The fraction of sp³-hybridized carbons (Fsp3) is 0.846. The molecule has 3 N–H and O–H groups in total. The molecule has 1 aliphatic carbocycles. The Hall–Kier alpha value is -1.10. The molecule has 104 valence electrons. The molecule has 0 aromatic heterocycles. The standard InChI is InChI=1S/C13H25N3O2/c1-10(12(17)15-13(14)18)16(2)9-8-11-6-4-3-5-7-11/h10-11H,3-9H2,1-2H3,(H3,14,15,17,18)/t10-/m0/s1. The second kappa shape index (κ2) is 7.36. The number of imide groups is 1. The molecule has 0 spiro atoms. The van der Waals surface area contributed by atoms with Gasteiger partial charge in [0.1, 0.15) is 0 Å². The Labute approximate surface area is 109 Å². The van der Waals surface area contributed by atoms with Gasteiger partial charge in [0.2, 0.25) is 5.91 Å². The molecule has 0 unspecified atom stereocenters. The van der Waals surface area contributed by atoms with E-state index in [4.69, 9.17) is 5.73 Å². The summed E-state index contributed by atoms with van der Waals surface area (Å²) < 4.78 is 0. The molecule has 0 bridgehead atoms. The van der Waals surface area contributed by atoms with Crippen LogP contribution in [0.4, 0.5) is 4.79 Å². The number of carbonyl (C=O) groups excluding carboxylic acids is 2. The van der Waals surface area contributed by atoms with E-state index in [1.807, 2.05) is 11.9 Å². The highest BCUT2D eigenvalue weighted by atomic mass is 16.2. The van der Waals surface area contributed by atoms with Crippen molar-refractivity contribution >= 4 is 11.9 Å². The van der Waals surface area contributed by atoms with Crippen LogP contribution in [0, 0.1) is 5.92 Å². The molecular formula is C13H25N3O2. The number of hydrogen-bond acceptors (Lipinski definition) is 3. The molecule has 1 rings (SSSR count). The lowest BCUT2D eigenvalue weighted by molar-refractivity contribution is -0.124. The largest absolute Gasteiger partial charge is 0.351 e. The first-order chi connectivity index (χ1) is 8.50. The number of amides is 3. The van der Waals surface area contributed by atoms with E-state index in [0.29, 0.717) is 0 Å². The maximum absolute atomic E-state index is 11.6. The van der Waals surface area contributed by atoms with Crippen molar-refractivity contribution in [3.63, 3.8) is 0 Å². The Kier molecular flexibility index (Phi) is 6.12. The number of nitrogens with one attached hydrogen (secondary N) is 1. The highest BCUT2D eigenvalue weighted by Gasteiger charge is 2.20. The number of nitrogens with zero attached hydrogens (tertiary/aromatic N) is 1. The Morgan fingerprint density at radius 3 is 2.50 bits per heavy atom.